The Morgan fingerprint density at radius 2 is 2.21 bits per heavy atom. The summed E-state index contributed by atoms with van der Waals surface area (Å²) in [7, 11) is 0. The zero-order valence-corrected chi connectivity index (χ0v) is 8.40. The van der Waals surface area contributed by atoms with Gasteiger partial charge in [0.05, 0.1) is 5.69 Å². The molecule has 3 heteroatoms. The van der Waals surface area contributed by atoms with Crippen molar-refractivity contribution < 1.29 is 0 Å². The summed E-state index contributed by atoms with van der Waals surface area (Å²) in [6.45, 7) is 2.76. The smallest absolute Gasteiger partial charge is 0.125 e. The molecule has 0 unspecified atom stereocenters. The molecule has 0 saturated heterocycles. The monoisotopic (exact) mass is 189 g/mol. The SMILES string of the molecule is Cc1nccc(CNC2CC=CC2)n1. The third-order valence-corrected chi connectivity index (χ3v) is 2.41. The summed E-state index contributed by atoms with van der Waals surface area (Å²) in [5.74, 6) is 0.842. The van der Waals surface area contributed by atoms with Crippen LogP contribution in [0.5, 0.6) is 0 Å². The lowest BCUT2D eigenvalue weighted by Crippen LogP contribution is -2.26. The standard InChI is InChI=1S/C11H15N3/c1-9-12-7-6-11(14-9)8-13-10-4-2-3-5-10/h2-3,6-7,10,13H,4-5,8H2,1H3. The molecule has 0 bridgehead atoms. The Kier molecular flexibility index (Phi) is 2.89. The topological polar surface area (TPSA) is 37.8 Å². The number of hydrogen-bond donors (Lipinski definition) is 1. The van der Waals surface area contributed by atoms with Crippen molar-refractivity contribution in [3.63, 3.8) is 0 Å². The van der Waals surface area contributed by atoms with Crippen molar-refractivity contribution in [3.8, 4) is 0 Å². The van der Waals surface area contributed by atoms with Gasteiger partial charge in [-0.1, -0.05) is 12.2 Å². The molecule has 1 N–H and O–H groups in total. The lowest BCUT2D eigenvalue weighted by molar-refractivity contribution is 0.532. The largest absolute Gasteiger partial charge is 0.308 e. The molecule has 1 aromatic heterocycles. The van der Waals surface area contributed by atoms with E-state index in [2.05, 4.69) is 27.4 Å². The second-order valence-corrected chi connectivity index (χ2v) is 3.62. The van der Waals surface area contributed by atoms with Gasteiger partial charge in [0.1, 0.15) is 5.82 Å². The fraction of sp³-hybridized carbons (Fsp3) is 0.455. The molecule has 1 heterocycles. The highest BCUT2D eigenvalue weighted by molar-refractivity contribution is 5.03. The van der Waals surface area contributed by atoms with Gasteiger partial charge in [0.2, 0.25) is 0 Å². The van der Waals surface area contributed by atoms with Crippen molar-refractivity contribution in [2.45, 2.75) is 32.4 Å². The minimum absolute atomic E-state index is 0.602. The van der Waals surface area contributed by atoms with E-state index in [0.29, 0.717) is 6.04 Å². The van der Waals surface area contributed by atoms with Crippen LogP contribution in [0.15, 0.2) is 24.4 Å². The van der Waals surface area contributed by atoms with Gasteiger partial charge < -0.3 is 5.32 Å². The Morgan fingerprint density at radius 1 is 1.43 bits per heavy atom. The summed E-state index contributed by atoms with van der Waals surface area (Å²) >= 11 is 0. The first-order valence-electron chi connectivity index (χ1n) is 5.01. The maximum absolute atomic E-state index is 4.34. The average Bonchev–Trinajstić information content (AvgIpc) is 2.67. The maximum atomic E-state index is 4.34. The van der Waals surface area contributed by atoms with Crippen LogP contribution in [0.3, 0.4) is 0 Å². The quantitative estimate of drug-likeness (QED) is 0.734. The zero-order valence-electron chi connectivity index (χ0n) is 8.40. The third-order valence-electron chi connectivity index (χ3n) is 2.41. The van der Waals surface area contributed by atoms with Crippen molar-refractivity contribution in [1.29, 1.82) is 0 Å². The van der Waals surface area contributed by atoms with Crippen LogP contribution in [0.4, 0.5) is 0 Å². The summed E-state index contributed by atoms with van der Waals surface area (Å²) < 4.78 is 0. The van der Waals surface area contributed by atoms with Gasteiger partial charge in [-0.05, 0) is 25.8 Å². The fourth-order valence-corrected chi connectivity index (χ4v) is 1.64. The number of hydrogen-bond acceptors (Lipinski definition) is 3. The summed E-state index contributed by atoms with van der Waals surface area (Å²) in [4.78, 5) is 8.41. The van der Waals surface area contributed by atoms with E-state index in [0.717, 1.165) is 30.9 Å². The fourth-order valence-electron chi connectivity index (χ4n) is 1.64. The van der Waals surface area contributed by atoms with Gasteiger partial charge in [0.15, 0.2) is 0 Å². The molecule has 0 spiro atoms. The van der Waals surface area contributed by atoms with Crippen LogP contribution in [-0.2, 0) is 6.54 Å². The highest BCUT2D eigenvalue weighted by Crippen LogP contribution is 2.09. The second-order valence-electron chi connectivity index (χ2n) is 3.62. The van der Waals surface area contributed by atoms with E-state index in [1.165, 1.54) is 0 Å². The molecule has 0 aliphatic heterocycles. The first-order valence-corrected chi connectivity index (χ1v) is 5.01. The van der Waals surface area contributed by atoms with Crippen LogP contribution in [0.25, 0.3) is 0 Å². The minimum Gasteiger partial charge on any atom is -0.308 e. The van der Waals surface area contributed by atoms with Gasteiger partial charge in [-0.2, -0.15) is 0 Å². The molecule has 0 amide bonds. The summed E-state index contributed by atoms with van der Waals surface area (Å²) in [5.41, 5.74) is 1.07. The van der Waals surface area contributed by atoms with Crippen molar-refractivity contribution in [3.05, 3.63) is 35.9 Å². The van der Waals surface area contributed by atoms with Gasteiger partial charge in [0.25, 0.3) is 0 Å². The van der Waals surface area contributed by atoms with E-state index in [4.69, 9.17) is 0 Å². The van der Waals surface area contributed by atoms with Crippen LogP contribution in [0.1, 0.15) is 24.4 Å². The molecule has 0 saturated carbocycles. The molecule has 14 heavy (non-hydrogen) atoms. The molecule has 74 valence electrons. The molecule has 1 aromatic rings. The van der Waals surface area contributed by atoms with E-state index >= 15 is 0 Å². The first kappa shape index (κ1) is 9.34. The maximum Gasteiger partial charge on any atom is 0.125 e. The van der Waals surface area contributed by atoms with E-state index in [9.17, 15) is 0 Å². The molecule has 3 nitrogen and oxygen atoms in total. The average molecular weight is 189 g/mol. The second kappa shape index (κ2) is 4.33. The number of nitrogens with one attached hydrogen (secondary N) is 1. The van der Waals surface area contributed by atoms with E-state index in [1.807, 2.05) is 19.2 Å². The van der Waals surface area contributed by atoms with Crippen molar-refractivity contribution >= 4 is 0 Å². The van der Waals surface area contributed by atoms with Crippen molar-refractivity contribution in [2.75, 3.05) is 0 Å². The lowest BCUT2D eigenvalue weighted by atomic mass is 10.2. The Labute approximate surface area is 84.3 Å². The Hall–Kier alpha value is -1.22. The van der Waals surface area contributed by atoms with Gasteiger partial charge in [-0.3, -0.25) is 0 Å². The van der Waals surface area contributed by atoms with Crippen LogP contribution in [-0.4, -0.2) is 16.0 Å². The predicted molar refractivity (Wildman–Crippen MR) is 55.8 cm³/mol. The minimum atomic E-state index is 0.602. The van der Waals surface area contributed by atoms with E-state index < -0.39 is 0 Å². The van der Waals surface area contributed by atoms with E-state index in [1.54, 1.807) is 0 Å². The lowest BCUT2D eigenvalue weighted by Gasteiger charge is -2.11. The third kappa shape index (κ3) is 2.39. The number of rotatable bonds is 3. The normalized spacial score (nSPS) is 16.4. The number of nitrogens with zero attached hydrogens (tertiary/aromatic N) is 2. The first-order chi connectivity index (χ1) is 6.84. The molecule has 0 aromatic carbocycles. The molecule has 1 aliphatic carbocycles. The van der Waals surface area contributed by atoms with Crippen LogP contribution < -0.4 is 5.32 Å². The van der Waals surface area contributed by atoms with Crippen LogP contribution in [0, 0.1) is 6.92 Å². The molecular weight excluding hydrogens is 174 g/mol. The summed E-state index contributed by atoms with van der Waals surface area (Å²) in [6.07, 6.45) is 8.55. The molecule has 0 fully saturated rings. The molecular formula is C11H15N3. The molecule has 0 radical (unpaired) electrons. The van der Waals surface area contributed by atoms with E-state index in [-0.39, 0.29) is 0 Å². The van der Waals surface area contributed by atoms with Gasteiger partial charge in [-0.25, -0.2) is 9.97 Å². The highest BCUT2D eigenvalue weighted by Gasteiger charge is 2.08. The molecule has 0 atom stereocenters. The Morgan fingerprint density at radius 3 is 2.93 bits per heavy atom. The summed E-state index contributed by atoms with van der Waals surface area (Å²) in [6, 6.07) is 2.56. The number of aryl methyl sites for hydroxylation is 1. The van der Waals surface area contributed by atoms with Gasteiger partial charge in [-0.15, -0.1) is 0 Å². The van der Waals surface area contributed by atoms with Gasteiger partial charge in [0, 0.05) is 18.8 Å². The molecule has 1 aliphatic rings. The summed E-state index contributed by atoms with van der Waals surface area (Å²) in [5, 5.41) is 3.47. The zero-order chi connectivity index (χ0) is 9.80. The number of aromatic nitrogens is 2. The Balaban J connectivity index is 1.85. The predicted octanol–water partition coefficient (Wildman–Crippen LogP) is 1.59. The Bertz CT molecular complexity index is 325. The van der Waals surface area contributed by atoms with Crippen molar-refractivity contribution in [1.82, 2.24) is 15.3 Å². The van der Waals surface area contributed by atoms with Crippen LogP contribution >= 0.6 is 0 Å². The van der Waals surface area contributed by atoms with Crippen molar-refractivity contribution in [2.24, 2.45) is 0 Å². The highest BCUT2D eigenvalue weighted by atomic mass is 14.9. The van der Waals surface area contributed by atoms with Crippen LogP contribution in [0.2, 0.25) is 0 Å². The molecule has 2 rings (SSSR count). The van der Waals surface area contributed by atoms with Gasteiger partial charge >= 0.3 is 0 Å².